The van der Waals surface area contributed by atoms with Crippen molar-refractivity contribution >= 4 is 33.2 Å². The number of alkyl halides is 1. The van der Waals surface area contributed by atoms with Crippen LogP contribution in [0.4, 0.5) is 4.39 Å². The van der Waals surface area contributed by atoms with Crippen molar-refractivity contribution in [1.82, 2.24) is 19.6 Å². The molecule has 7 heteroatoms. The molecule has 4 aromatic rings. The molecular weight excluding hydrogens is 395 g/mol. The Labute approximate surface area is 178 Å². The van der Waals surface area contributed by atoms with E-state index in [0.29, 0.717) is 48.2 Å². The number of nitrogens with one attached hydrogen (secondary N) is 1. The van der Waals surface area contributed by atoms with E-state index >= 15 is 0 Å². The van der Waals surface area contributed by atoms with Crippen molar-refractivity contribution in [3.8, 4) is 0 Å². The van der Waals surface area contributed by atoms with Gasteiger partial charge in [0.05, 0.1) is 16.5 Å². The molecule has 1 aliphatic heterocycles. The summed E-state index contributed by atoms with van der Waals surface area (Å²) in [5.74, 6) is -0.293. The molecule has 1 fully saturated rings. The number of carbonyl (C=O) groups is 1. The molecule has 0 radical (unpaired) electrons. The minimum Gasteiger partial charge on any atom is -0.351 e. The summed E-state index contributed by atoms with van der Waals surface area (Å²) in [6, 6.07) is 14.9. The van der Waals surface area contributed by atoms with Crippen LogP contribution >= 0.6 is 0 Å². The summed E-state index contributed by atoms with van der Waals surface area (Å²) >= 11 is 0. The van der Waals surface area contributed by atoms with Crippen LogP contribution in [0, 0.1) is 0 Å². The molecule has 1 amide bonds. The molecular formula is C24H23FN4O2. The first-order valence-electron chi connectivity index (χ1n) is 10.6. The average Bonchev–Trinajstić information content (AvgIpc) is 2.78. The highest BCUT2D eigenvalue weighted by Gasteiger charge is 2.19. The van der Waals surface area contributed by atoms with Gasteiger partial charge in [0.2, 0.25) is 0 Å². The van der Waals surface area contributed by atoms with E-state index in [2.05, 4.69) is 10.3 Å². The molecule has 2 aromatic carbocycles. The SMILES string of the molecule is O=C(NCCN1CCCC(F)C1)c1cccn2c(=O)c3cc4ccccc4cc3nc12. The Bertz CT molecular complexity index is 1350. The molecule has 3 heterocycles. The van der Waals surface area contributed by atoms with Gasteiger partial charge in [0, 0.05) is 25.8 Å². The number of nitrogens with zero attached hydrogens (tertiary/aromatic N) is 3. The Morgan fingerprint density at radius 3 is 2.77 bits per heavy atom. The topological polar surface area (TPSA) is 66.7 Å². The summed E-state index contributed by atoms with van der Waals surface area (Å²) in [4.78, 5) is 32.7. The van der Waals surface area contributed by atoms with Crippen molar-refractivity contribution < 1.29 is 9.18 Å². The lowest BCUT2D eigenvalue weighted by Crippen LogP contribution is -2.41. The Hall–Kier alpha value is -3.32. The van der Waals surface area contributed by atoms with Gasteiger partial charge >= 0.3 is 0 Å². The predicted molar refractivity (Wildman–Crippen MR) is 119 cm³/mol. The third-order valence-corrected chi connectivity index (χ3v) is 5.91. The molecule has 6 nitrogen and oxygen atoms in total. The van der Waals surface area contributed by atoms with Crippen LogP contribution in [0.15, 0.2) is 59.5 Å². The molecule has 158 valence electrons. The summed E-state index contributed by atoms with van der Waals surface area (Å²) in [5.41, 5.74) is 1.03. The van der Waals surface area contributed by atoms with Gasteiger partial charge in [-0.1, -0.05) is 24.3 Å². The lowest BCUT2D eigenvalue weighted by Gasteiger charge is -2.28. The number of piperidine rings is 1. The summed E-state index contributed by atoms with van der Waals surface area (Å²) < 4.78 is 15.0. The zero-order valence-electron chi connectivity index (χ0n) is 17.1. The average molecular weight is 418 g/mol. The van der Waals surface area contributed by atoms with E-state index in [9.17, 15) is 14.0 Å². The smallest absolute Gasteiger partial charge is 0.265 e. The lowest BCUT2D eigenvalue weighted by atomic mass is 10.1. The maximum Gasteiger partial charge on any atom is 0.265 e. The van der Waals surface area contributed by atoms with Gasteiger partial charge in [-0.05, 0) is 54.4 Å². The Kier molecular flexibility index (Phi) is 5.11. The van der Waals surface area contributed by atoms with Crippen molar-refractivity contribution in [3.05, 3.63) is 70.6 Å². The van der Waals surface area contributed by atoms with Crippen LogP contribution in [0.25, 0.3) is 27.3 Å². The normalized spacial score (nSPS) is 17.4. The number of hydrogen-bond donors (Lipinski definition) is 1. The van der Waals surface area contributed by atoms with Crippen molar-refractivity contribution in [2.24, 2.45) is 0 Å². The highest BCUT2D eigenvalue weighted by atomic mass is 19.1. The Morgan fingerprint density at radius 2 is 1.97 bits per heavy atom. The van der Waals surface area contributed by atoms with Crippen LogP contribution < -0.4 is 10.9 Å². The molecule has 0 bridgehead atoms. The summed E-state index contributed by atoms with van der Waals surface area (Å²) in [5, 5.41) is 5.36. The van der Waals surface area contributed by atoms with E-state index in [1.54, 1.807) is 18.3 Å². The fourth-order valence-corrected chi connectivity index (χ4v) is 4.32. The molecule has 2 aromatic heterocycles. The predicted octanol–water partition coefficient (Wildman–Crippen LogP) is 3.16. The quantitative estimate of drug-likeness (QED) is 0.517. The maximum atomic E-state index is 13.6. The van der Waals surface area contributed by atoms with Gasteiger partial charge in [0.25, 0.3) is 11.5 Å². The fraction of sp³-hybridized carbons (Fsp3) is 0.292. The van der Waals surface area contributed by atoms with Crippen molar-refractivity contribution in [1.29, 1.82) is 0 Å². The van der Waals surface area contributed by atoms with Gasteiger partial charge in [-0.3, -0.25) is 18.9 Å². The van der Waals surface area contributed by atoms with Crippen LogP contribution in [0.1, 0.15) is 23.2 Å². The number of hydrogen-bond acceptors (Lipinski definition) is 4. The van der Waals surface area contributed by atoms with E-state index in [4.69, 9.17) is 0 Å². The largest absolute Gasteiger partial charge is 0.351 e. The van der Waals surface area contributed by atoms with Crippen molar-refractivity contribution in [2.45, 2.75) is 19.0 Å². The number of carbonyl (C=O) groups excluding carboxylic acids is 1. The number of fused-ring (bicyclic) bond motifs is 3. The van der Waals surface area contributed by atoms with Crippen LogP contribution in [-0.2, 0) is 0 Å². The van der Waals surface area contributed by atoms with Crippen LogP contribution in [0.3, 0.4) is 0 Å². The van der Waals surface area contributed by atoms with Crippen molar-refractivity contribution in [2.75, 3.05) is 26.2 Å². The first-order valence-corrected chi connectivity index (χ1v) is 10.6. The molecule has 1 saturated heterocycles. The molecule has 5 rings (SSSR count). The first-order chi connectivity index (χ1) is 15.1. The van der Waals surface area contributed by atoms with Gasteiger partial charge < -0.3 is 5.32 Å². The van der Waals surface area contributed by atoms with Gasteiger partial charge in [-0.15, -0.1) is 0 Å². The molecule has 31 heavy (non-hydrogen) atoms. The third-order valence-electron chi connectivity index (χ3n) is 5.91. The number of pyridine rings is 1. The van der Waals surface area contributed by atoms with Crippen LogP contribution in [0.2, 0.25) is 0 Å². The van der Waals surface area contributed by atoms with Crippen LogP contribution in [0.5, 0.6) is 0 Å². The second-order valence-corrected chi connectivity index (χ2v) is 8.04. The highest BCUT2D eigenvalue weighted by molar-refractivity contribution is 6.02. The maximum absolute atomic E-state index is 13.6. The molecule has 0 spiro atoms. The fourth-order valence-electron chi connectivity index (χ4n) is 4.32. The van der Waals surface area contributed by atoms with Gasteiger partial charge in [-0.25, -0.2) is 9.37 Å². The molecule has 0 saturated carbocycles. The number of likely N-dealkylation sites (tertiary alicyclic amines) is 1. The second kappa shape index (κ2) is 8.07. The molecule has 1 N–H and O–H groups in total. The Balaban J connectivity index is 1.46. The first kappa shape index (κ1) is 19.6. The minimum atomic E-state index is -0.789. The molecule has 1 aliphatic rings. The number of rotatable bonds is 4. The van der Waals surface area contributed by atoms with E-state index in [1.165, 1.54) is 4.40 Å². The molecule has 0 aliphatic carbocycles. The number of amides is 1. The van der Waals surface area contributed by atoms with Crippen molar-refractivity contribution in [3.63, 3.8) is 0 Å². The number of benzene rings is 2. The summed E-state index contributed by atoms with van der Waals surface area (Å²) in [6.07, 6.45) is 2.30. The monoisotopic (exact) mass is 418 g/mol. The molecule has 1 atom stereocenters. The van der Waals surface area contributed by atoms with Gasteiger partial charge in [0.1, 0.15) is 6.17 Å². The Morgan fingerprint density at radius 1 is 1.16 bits per heavy atom. The van der Waals surface area contributed by atoms with E-state index < -0.39 is 6.17 Å². The summed E-state index contributed by atoms with van der Waals surface area (Å²) in [7, 11) is 0. The van der Waals surface area contributed by atoms with Gasteiger partial charge in [0.15, 0.2) is 5.65 Å². The third kappa shape index (κ3) is 3.77. The zero-order valence-corrected chi connectivity index (χ0v) is 17.1. The number of aromatic nitrogens is 2. The lowest BCUT2D eigenvalue weighted by molar-refractivity contribution is 0.0939. The van der Waals surface area contributed by atoms with E-state index in [0.717, 1.165) is 23.7 Å². The minimum absolute atomic E-state index is 0.206. The zero-order chi connectivity index (χ0) is 21.4. The standard InChI is InChI=1S/C24H23FN4O2/c25-18-7-3-10-28(15-18)12-9-26-23(30)19-8-4-11-29-22(19)27-21-14-17-6-2-1-5-16(17)13-20(21)24(29)31/h1-2,4-6,8,11,13-14,18H,3,7,9-10,12,15H2,(H,26,30). The van der Waals surface area contributed by atoms with Crippen LogP contribution in [-0.4, -0.2) is 52.5 Å². The summed E-state index contributed by atoms with van der Waals surface area (Å²) in [6.45, 7) is 2.27. The van der Waals surface area contributed by atoms with E-state index in [1.807, 2.05) is 41.3 Å². The van der Waals surface area contributed by atoms with Gasteiger partial charge in [-0.2, -0.15) is 0 Å². The highest BCUT2D eigenvalue weighted by Crippen LogP contribution is 2.21. The van der Waals surface area contributed by atoms with E-state index in [-0.39, 0.29) is 11.5 Å². The second-order valence-electron chi connectivity index (χ2n) is 8.04. The number of halogens is 1. The molecule has 1 unspecified atom stereocenters.